The number of rotatable bonds is 6. The molecule has 29 heavy (non-hydrogen) atoms. The smallest absolute Gasteiger partial charge is 0.246 e. The topological polar surface area (TPSA) is 88.2 Å². The van der Waals surface area contributed by atoms with Crippen LogP contribution in [0.2, 0.25) is 0 Å². The summed E-state index contributed by atoms with van der Waals surface area (Å²) in [5.74, 6) is 3.76. The van der Waals surface area contributed by atoms with Gasteiger partial charge < -0.3 is 24.2 Å². The summed E-state index contributed by atoms with van der Waals surface area (Å²) in [6, 6.07) is 5.91. The number of hydrogen-bond donors (Lipinski definition) is 1. The summed E-state index contributed by atoms with van der Waals surface area (Å²) >= 11 is 0. The van der Waals surface area contributed by atoms with Crippen molar-refractivity contribution in [2.24, 2.45) is 4.99 Å². The molecular formula is C19H29IN6O3. The van der Waals surface area contributed by atoms with Gasteiger partial charge in [-0.25, -0.2) is 0 Å². The third-order valence-electron chi connectivity index (χ3n) is 4.73. The minimum atomic E-state index is 0. The van der Waals surface area contributed by atoms with E-state index in [0.29, 0.717) is 18.3 Å². The molecule has 0 unspecified atom stereocenters. The highest BCUT2D eigenvalue weighted by molar-refractivity contribution is 14.0. The van der Waals surface area contributed by atoms with Crippen LogP contribution in [0.4, 0.5) is 0 Å². The molecule has 0 saturated carbocycles. The number of benzene rings is 1. The van der Waals surface area contributed by atoms with Crippen LogP contribution in [0.5, 0.6) is 11.5 Å². The predicted molar refractivity (Wildman–Crippen MR) is 121 cm³/mol. The highest BCUT2D eigenvalue weighted by atomic mass is 127. The SMILES string of the molecule is CN=C(NCc1nc(C)no1)N1CCN(Cc2cc(OC)ccc2OC)CC1.I. The first kappa shape index (κ1) is 23.2. The fourth-order valence-electron chi connectivity index (χ4n) is 3.26. The van der Waals surface area contributed by atoms with Crippen molar-refractivity contribution in [1.29, 1.82) is 0 Å². The van der Waals surface area contributed by atoms with Crippen LogP contribution in [0.3, 0.4) is 0 Å². The predicted octanol–water partition coefficient (Wildman–Crippen LogP) is 1.91. The van der Waals surface area contributed by atoms with Crippen molar-refractivity contribution in [1.82, 2.24) is 25.3 Å². The molecule has 0 bridgehead atoms. The van der Waals surface area contributed by atoms with Crippen molar-refractivity contribution >= 4 is 29.9 Å². The molecule has 0 atom stereocenters. The molecule has 1 saturated heterocycles. The van der Waals surface area contributed by atoms with E-state index < -0.39 is 0 Å². The molecule has 9 nitrogen and oxygen atoms in total. The van der Waals surface area contributed by atoms with E-state index in [1.807, 2.05) is 18.2 Å². The number of nitrogens with zero attached hydrogens (tertiary/aromatic N) is 5. The van der Waals surface area contributed by atoms with E-state index in [0.717, 1.165) is 55.7 Å². The van der Waals surface area contributed by atoms with Crippen LogP contribution >= 0.6 is 24.0 Å². The molecule has 0 spiro atoms. The van der Waals surface area contributed by atoms with E-state index in [2.05, 4.69) is 30.2 Å². The lowest BCUT2D eigenvalue weighted by Gasteiger charge is -2.36. The van der Waals surface area contributed by atoms with Gasteiger partial charge in [0.1, 0.15) is 11.5 Å². The summed E-state index contributed by atoms with van der Waals surface area (Å²) in [4.78, 5) is 13.2. The molecular weight excluding hydrogens is 487 g/mol. The van der Waals surface area contributed by atoms with Gasteiger partial charge >= 0.3 is 0 Å². The number of nitrogens with one attached hydrogen (secondary N) is 1. The van der Waals surface area contributed by atoms with E-state index >= 15 is 0 Å². The molecule has 1 aliphatic rings. The first-order chi connectivity index (χ1) is 13.6. The van der Waals surface area contributed by atoms with Crippen molar-refractivity contribution < 1.29 is 14.0 Å². The number of aliphatic imine (C=N–C) groups is 1. The Balaban J connectivity index is 0.00000300. The highest BCUT2D eigenvalue weighted by Gasteiger charge is 2.21. The van der Waals surface area contributed by atoms with Crippen LogP contribution in [-0.4, -0.2) is 73.3 Å². The van der Waals surface area contributed by atoms with Crippen LogP contribution in [0.15, 0.2) is 27.7 Å². The normalized spacial score (nSPS) is 15.0. The Hall–Kier alpha value is -2.08. The van der Waals surface area contributed by atoms with Gasteiger partial charge in [0.2, 0.25) is 5.89 Å². The van der Waals surface area contributed by atoms with Gasteiger partial charge in [0.15, 0.2) is 11.8 Å². The Bertz CT molecular complexity index is 805. The number of hydrogen-bond acceptors (Lipinski definition) is 7. The maximum atomic E-state index is 5.50. The summed E-state index contributed by atoms with van der Waals surface area (Å²) in [6.45, 7) is 6.72. The van der Waals surface area contributed by atoms with E-state index in [4.69, 9.17) is 14.0 Å². The van der Waals surface area contributed by atoms with Gasteiger partial charge in [0.25, 0.3) is 0 Å². The number of methoxy groups -OCH3 is 2. The zero-order chi connectivity index (χ0) is 19.9. The maximum absolute atomic E-state index is 5.50. The molecule has 1 N–H and O–H groups in total. The van der Waals surface area contributed by atoms with Gasteiger partial charge in [-0.2, -0.15) is 4.98 Å². The second kappa shape index (κ2) is 11.2. The summed E-state index contributed by atoms with van der Waals surface area (Å²) in [5.41, 5.74) is 1.13. The van der Waals surface area contributed by atoms with Crippen LogP contribution in [0.25, 0.3) is 0 Å². The van der Waals surface area contributed by atoms with Crippen LogP contribution in [0.1, 0.15) is 17.3 Å². The largest absolute Gasteiger partial charge is 0.497 e. The molecule has 10 heteroatoms. The third-order valence-corrected chi connectivity index (χ3v) is 4.73. The average molecular weight is 516 g/mol. The van der Waals surface area contributed by atoms with Gasteiger partial charge in [-0.3, -0.25) is 9.89 Å². The summed E-state index contributed by atoms with van der Waals surface area (Å²) in [7, 11) is 5.16. The van der Waals surface area contributed by atoms with Crippen molar-refractivity contribution in [3.63, 3.8) is 0 Å². The molecule has 2 heterocycles. The molecule has 3 rings (SSSR count). The molecule has 0 radical (unpaired) electrons. The van der Waals surface area contributed by atoms with Gasteiger partial charge in [-0.05, 0) is 25.1 Å². The number of aryl methyl sites for hydroxylation is 1. The summed E-state index contributed by atoms with van der Waals surface area (Å²) in [6.07, 6.45) is 0. The lowest BCUT2D eigenvalue weighted by molar-refractivity contribution is 0.170. The zero-order valence-corrected chi connectivity index (χ0v) is 19.7. The minimum Gasteiger partial charge on any atom is -0.497 e. The molecule has 160 valence electrons. The Morgan fingerprint density at radius 1 is 1.21 bits per heavy atom. The zero-order valence-electron chi connectivity index (χ0n) is 17.3. The van der Waals surface area contributed by atoms with Crippen molar-refractivity contribution in [2.45, 2.75) is 20.0 Å². The fourth-order valence-corrected chi connectivity index (χ4v) is 3.26. The van der Waals surface area contributed by atoms with Crippen LogP contribution < -0.4 is 14.8 Å². The van der Waals surface area contributed by atoms with Crippen molar-refractivity contribution in [2.75, 3.05) is 47.4 Å². The van der Waals surface area contributed by atoms with Gasteiger partial charge in [0, 0.05) is 45.3 Å². The maximum Gasteiger partial charge on any atom is 0.246 e. The van der Waals surface area contributed by atoms with Crippen molar-refractivity contribution in [3.05, 3.63) is 35.5 Å². The van der Waals surface area contributed by atoms with E-state index in [9.17, 15) is 0 Å². The van der Waals surface area contributed by atoms with Crippen molar-refractivity contribution in [3.8, 4) is 11.5 Å². The monoisotopic (exact) mass is 516 g/mol. The second-order valence-corrected chi connectivity index (χ2v) is 6.58. The Morgan fingerprint density at radius 2 is 1.97 bits per heavy atom. The van der Waals surface area contributed by atoms with E-state index in [1.165, 1.54) is 0 Å². The average Bonchev–Trinajstić information content (AvgIpc) is 3.14. The summed E-state index contributed by atoms with van der Waals surface area (Å²) < 4.78 is 16.0. The standard InChI is InChI=1S/C19H28N6O3.HI/c1-14-22-18(28-23-14)12-21-19(20-2)25-9-7-24(8-10-25)13-15-11-16(26-3)5-6-17(15)27-4;/h5-6,11H,7-10,12-13H2,1-4H3,(H,20,21);1H. The minimum absolute atomic E-state index is 0. The lowest BCUT2D eigenvalue weighted by Crippen LogP contribution is -2.52. The Labute approximate surface area is 188 Å². The Kier molecular flexibility index (Phi) is 8.96. The molecule has 1 aromatic heterocycles. The first-order valence-electron chi connectivity index (χ1n) is 9.31. The molecule has 1 aliphatic heterocycles. The quantitative estimate of drug-likeness (QED) is 0.354. The molecule has 2 aromatic rings. The van der Waals surface area contributed by atoms with Gasteiger partial charge in [0.05, 0.1) is 20.8 Å². The second-order valence-electron chi connectivity index (χ2n) is 6.58. The van der Waals surface area contributed by atoms with E-state index in [-0.39, 0.29) is 24.0 Å². The Morgan fingerprint density at radius 3 is 2.55 bits per heavy atom. The van der Waals surface area contributed by atoms with Crippen LogP contribution in [-0.2, 0) is 13.1 Å². The number of aromatic nitrogens is 2. The third kappa shape index (κ3) is 6.20. The number of piperazine rings is 1. The molecule has 1 aromatic carbocycles. The number of halogens is 1. The lowest BCUT2D eigenvalue weighted by atomic mass is 10.1. The first-order valence-corrected chi connectivity index (χ1v) is 9.31. The number of ether oxygens (including phenoxy) is 2. The fraction of sp³-hybridized carbons (Fsp3) is 0.526. The van der Waals surface area contributed by atoms with Gasteiger partial charge in [-0.1, -0.05) is 5.16 Å². The molecule has 1 fully saturated rings. The highest BCUT2D eigenvalue weighted by Crippen LogP contribution is 2.25. The molecule has 0 aliphatic carbocycles. The van der Waals surface area contributed by atoms with Gasteiger partial charge in [-0.15, -0.1) is 24.0 Å². The molecule has 0 amide bonds. The van der Waals surface area contributed by atoms with E-state index in [1.54, 1.807) is 28.2 Å². The number of guanidine groups is 1. The summed E-state index contributed by atoms with van der Waals surface area (Å²) in [5, 5.41) is 7.09. The van der Waals surface area contributed by atoms with Crippen LogP contribution in [0, 0.1) is 6.92 Å².